The molecule has 3 heterocycles. The van der Waals surface area contributed by atoms with E-state index in [0.717, 1.165) is 17.7 Å². The minimum atomic E-state index is -4.74. The number of likely N-dealkylation sites (tertiary alicyclic amines) is 1. The number of carbonyl (C=O) groups excluding carboxylic acids is 4. The van der Waals surface area contributed by atoms with Gasteiger partial charge in [0.25, 0.3) is 11.8 Å². The van der Waals surface area contributed by atoms with Crippen molar-refractivity contribution < 1.29 is 41.8 Å². The number of benzene rings is 1. The Labute approximate surface area is 245 Å². The zero-order chi connectivity index (χ0) is 31.6. The molecule has 0 saturated carbocycles. The van der Waals surface area contributed by atoms with Crippen LogP contribution in [-0.4, -0.2) is 82.8 Å². The molecule has 2 aliphatic heterocycles. The molecular formula is C28H31F3N6O6. The second-order valence-electron chi connectivity index (χ2n) is 10.8. The summed E-state index contributed by atoms with van der Waals surface area (Å²) in [4.78, 5) is 56.6. The Kier molecular flexibility index (Phi) is 8.64. The molecule has 1 saturated heterocycles. The van der Waals surface area contributed by atoms with Crippen LogP contribution in [0.15, 0.2) is 53.6 Å². The summed E-state index contributed by atoms with van der Waals surface area (Å²) in [5.41, 5.74) is 2.37. The van der Waals surface area contributed by atoms with Gasteiger partial charge in [-0.15, -0.1) is 0 Å². The van der Waals surface area contributed by atoms with Crippen molar-refractivity contribution in [2.24, 2.45) is 16.3 Å². The molecule has 1 fully saturated rings. The Morgan fingerprint density at radius 1 is 1.12 bits per heavy atom. The SMILES string of the molecule is CN1N=C2CCN(C(=O)C(COc3cccc(C(F)(F)F)n3)NC(=O)C(C)(C)OC(N)=O)C[C@@]2(Cc2ccccc2)C1=O. The van der Waals surface area contributed by atoms with Crippen LogP contribution in [0.4, 0.5) is 18.0 Å². The molecule has 2 atom stereocenters. The number of nitrogens with two attached hydrogens (primary N) is 1. The largest absolute Gasteiger partial charge is 0.475 e. The molecule has 1 aromatic heterocycles. The Morgan fingerprint density at radius 2 is 1.81 bits per heavy atom. The fraction of sp³-hybridized carbons (Fsp3) is 0.429. The number of nitrogens with one attached hydrogen (secondary N) is 1. The predicted molar refractivity (Wildman–Crippen MR) is 145 cm³/mol. The topological polar surface area (TPSA) is 157 Å². The number of rotatable bonds is 9. The van der Waals surface area contributed by atoms with Crippen molar-refractivity contribution in [1.29, 1.82) is 0 Å². The van der Waals surface area contributed by atoms with E-state index in [9.17, 15) is 32.3 Å². The molecule has 43 heavy (non-hydrogen) atoms. The molecule has 1 aromatic carbocycles. The number of pyridine rings is 1. The molecule has 1 unspecified atom stereocenters. The summed E-state index contributed by atoms with van der Waals surface area (Å²) in [6.07, 6.45) is -5.44. The van der Waals surface area contributed by atoms with Gasteiger partial charge in [0.05, 0.1) is 5.71 Å². The highest BCUT2D eigenvalue weighted by atomic mass is 19.4. The number of primary amides is 1. The van der Waals surface area contributed by atoms with E-state index in [1.165, 1.54) is 36.9 Å². The maximum atomic E-state index is 13.9. The van der Waals surface area contributed by atoms with E-state index in [4.69, 9.17) is 15.2 Å². The smallest absolute Gasteiger partial charge is 0.433 e. The first-order chi connectivity index (χ1) is 20.1. The molecule has 0 spiro atoms. The first-order valence-electron chi connectivity index (χ1n) is 13.3. The first-order valence-corrected chi connectivity index (χ1v) is 13.3. The molecule has 15 heteroatoms. The lowest BCUT2D eigenvalue weighted by molar-refractivity contribution is -0.146. The number of halogens is 3. The zero-order valence-corrected chi connectivity index (χ0v) is 23.7. The lowest BCUT2D eigenvalue weighted by Gasteiger charge is -2.40. The van der Waals surface area contributed by atoms with Gasteiger partial charge in [-0.2, -0.15) is 18.3 Å². The van der Waals surface area contributed by atoms with Gasteiger partial charge < -0.3 is 25.4 Å². The number of ether oxygens (including phenoxy) is 2. The number of fused-ring (bicyclic) bond motifs is 1. The Balaban J connectivity index is 1.61. The first kappa shape index (κ1) is 31.3. The van der Waals surface area contributed by atoms with E-state index in [1.807, 2.05) is 30.3 Å². The average molecular weight is 605 g/mol. The van der Waals surface area contributed by atoms with Crippen LogP contribution in [0, 0.1) is 5.41 Å². The van der Waals surface area contributed by atoms with Gasteiger partial charge >= 0.3 is 12.3 Å². The monoisotopic (exact) mass is 604 g/mol. The Morgan fingerprint density at radius 3 is 2.47 bits per heavy atom. The van der Waals surface area contributed by atoms with Crippen LogP contribution in [0.1, 0.15) is 31.5 Å². The fourth-order valence-electron chi connectivity index (χ4n) is 5.06. The second kappa shape index (κ2) is 11.9. The number of alkyl halides is 3. The van der Waals surface area contributed by atoms with Gasteiger partial charge in [-0.05, 0) is 31.9 Å². The number of hydrogen-bond acceptors (Lipinski definition) is 8. The van der Waals surface area contributed by atoms with E-state index in [1.54, 1.807) is 0 Å². The minimum absolute atomic E-state index is 0.0713. The van der Waals surface area contributed by atoms with Crippen LogP contribution in [0.3, 0.4) is 0 Å². The molecule has 12 nitrogen and oxygen atoms in total. The summed E-state index contributed by atoms with van der Waals surface area (Å²) in [6.45, 7) is 1.94. The summed E-state index contributed by atoms with van der Waals surface area (Å²) in [5, 5.41) is 8.12. The molecule has 2 aromatic rings. The third kappa shape index (κ3) is 6.87. The van der Waals surface area contributed by atoms with Gasteiger partial charge in [0.1, 0.15) is 23.8 Å². The quantitative estimate of drug-likeness (QED) is 0.444. The number of hydrogen-bond donors (Lipinski definition) is 2. The predicted octanol–water partition coefficient (Wildman–Crippen LogP) is 2.13. The maximum absolute atomic E-state index is 13.9. The van der Waals surface area contributed by atoms with Gasteiger partial charge in [-0.25, -0.2) is 14.8 Å². The number of nitrogens with zero attached hydrogens (tertiary/aromatic N) is 4. The van der Waals surface area contributed by atoms with Crippen molar-refractivity contribution in [3.05, 3.63) is 59.8 Å². The van der Waals surface area contributed by atoms with Crippen LogP contribution in [0.2, 0.25) is 0 Å². The molecule has 4 amide bonds. The highest BCUT2D eigenvalue weighted by molar-refractivity contribution is 6.13. The van der Waals surface area contributed by atoms with E-state index in [2.05, 4.69) is 15.4 Å². The Hall–Kier alpha value is -4.69. The molecule has 0 radical (unpaired) electrons. The van der Waals surface area contributed by atoms with E-state index in [-0.39, 0.29) is 31.8 Å². The summed E-state index contributed by atoms with van der Waals surface area (Å²) in [5.74, 6) is -2.33. The minimum Gasteiger partial charge on any atom is -0.475 e. The lowest BCUT2D eigenvalue weighted by Crippen LogP contribution is -2.61. The number of hydrazone groups is 1. The van der Waals surface area contributed by atoms with Crippen molar-refractivity contribution in [2.45, 2.75) is 44.5 Å². The van der Waals surface area contributed by atoms with Crippen LogP contribution in [-0.2, 0) is 31.7 Å². The summed E-state index contributed by atoms with van der Waals surface area (Å²) < 4.78 is 49.8. The molecule has 2 aliphatic rings. The maximum Gasteiger partial charge on any atom is 0.433 e. The summed E-state index contributed by atoms with van der Waals surface area (Å²) in [7, 11) is 1.53. The number of piperidine rings is 1. The van der Waals surface area contributed by atoms with Gasteiger partial charge in [-0.3, -0.25) is 14.4 Å². The highest BCUT2D eigenvalue weighted by Gasteiger charge is 2.54. The van der Waals surface area contributed by atoms with Crippen LogP contribution >= 0.6 is 0 Å². The summed E-state index contributed by atoms with van der Waals surface area (Å²) >= 11 is 0. The average Bonchev–Trinajstić information content (AvgIpc) is 3.18. The molecule has 0 bridgehead atoms. The van der Waals surface area contributed by atoms with E-state index in [0.29, 0.717) is 5.71 Å². The van der Waals surface area contributed by atoms with Crippen LogP contribution < -0.4 is 15.8 Å². The third-order valence-electron chi connectivity index (χ3n) is 7.18. The standard InChI is InChI=1S/C28H31F3N6O6/c1-26(2,43-25(32)41)23(39)33-18(15-42-21-11-7-10-20(34-21)28(29,30)31)22(38)37-13-12-19-27(16-37,24(40)36(3)35-19)14-17-8-5-4-6-9-17/h4-11,18H,12-16H2,1-3H3,(H2,32,41)(H,33,39)/t18?,27-/m1/s1. The molecule has 4 rings (SSSR count). The van der Waals surface area contributed by atoms with Gasteiger partial charge in [0.15, 0.2) is 5.60 Å². The highest BCUT2D eigenvalue weighted by Crippen LogP contribution is 2.38. The van der Waals surface area contributed by atoms with Gasteiger partial charge in [-0.1, -0.05) is 36.4 Å². The van der Waals surface area contributed by atoms with Crippen molar-refractivity contribution in [1.82, 2.24) is 20.2 Å². The molecular weight excluding hydrogens is 573 g/mol. The normalized spacial score (nSPS) is 19.3. The van der Waals surface area contributed by atoms with Crippen LogP contribution in [0.5, 0.6) is 5.88 Å². The lowest BCUT2D eigenvalue weighted by atomic mass is 9.73. The number of amides is 4. The molecule has 0 aliphatic carbocycles. The zero-order valence-electron chi connectivity index (χ0n) is 23.7. The number of carbonyl (C=O) groups is 4. The van der Waals surface area contributed by atoms with Crippen molar-refractivity contribution in [2.75, 3.05) is 26.7 Å². The third-order valence-corrected chi connectivity index (χ3v) is 7.18. The van der Waals surface area contributed by atoms with Gasteiger partial charge in [0.2, 0.25) is 11.8 Å². The van der Waals surface area contributed by atoms with E-state index >= 15 is 0 Å². The molecule has 230 valence electrons. The fourth-order valence-corrected chi connectivity index (χ4v) is 5.06. The number of aromatic nitrogens is 1. The second-order valence-corrected chi connectivity index (χ2v) is 10.8. The van der Waals surface area contributed by atoms with E-state index < -0.39 is 59.3 Å². The van der Waals surface area contributed by atoms with Crippen molar-refractivity contribution in [3.8, 4) is 5.88 Å². The van der Waals surface area contributed by atoms with Gasteiger partial charge in [0, 0.05) is 32.6 Å². The van der Waals surface area contributed by atoms with Crippen molar-refractivity contribution in [3.63, 3.8) is 0 Å². The van der Waals surface area contributed by atoms with Crippen molar-refractivity contribution >= 4 is 29.5 Å². The molecule has 3 N–H and O–H groups in total. The summed E-state index contributed by atoms with van der Waals surface area (Å²) in [6, 6.07) is 10.8. The van der Waals surface area contributed by atoms with Crippen LogP contribution in [0.25, 0.3) is 0 Å². The Bertz CT molecular complexity index is 1430.